The van der Waals surface area contributed by atoms with Crippen LogP contribution >= 0.6 is 0 Å². The number of pyridine rings is 1. The summed E-state index contributed by atoms with van der Waals surface area (Å²) >= 11 is 0. The number of hydrogen-bond acceptors (Lipinski definition) is 4. The Labute approximate surface area is 116 Å². The minimum atomic E-state index is -0.920. The summed E-state index contributed by atoms with van der Waals surface area (Å²) in [6, 6.07) is 9.02. The Kier molecular flexibility index (Phi) is 3.06. The molecule has 0 spiro atoms. The molecule has 1 saturated heterocycles. The molecule has 2 aromatic rings. The lowest BCUT2D eigenvalue weighted by Gasteiger charge is -2.24. The van der Waals surface area contributed by atoms with E-state index in [0.717, 1.165) is 16.5 Å². The highest BCUT2D eigenvalue weighted by molar-refractivity contribution is 5.84. The molecule has 0 amide bonds. The maximum Gasteiger partial charge on any atom is 0.326 e. The van der Waals surface area contributed by atoms with Gasteiger partial charge in [0.15, 0.2) is 0 Å². The van der Waals surface area contributed by atoms with E-state index >= 15 is 0 Å². The van der Waals surface area contributed by atoms with Crippen molar-refractivity contribution in [3.63, 3.8) is 0 Å². The van der Waals surface area contributed by atoms with Crippen molar-refractivity contribution in [2.24, 2.45) is 0 Å². The van der Waals surface area contributed by atoms with Crippen LogP contribution in [0, 0.1) is 6.92 Å². The van der Waals surface area contributed by atoms with E-state index in [1.54, 1.807) is 4.90 Å². The summed E-state index contributed by atoms with van der Waals surface area (Å²) in [7, 11) is 0. The topological polar surface area (TPSA) is 73.7 Å². The number of nitrogens with zero attached hydrogens (tertiary/aromatic N) is 2. The van der Waals surface area contributed by atoms with Crippen LogP contribution in [0.1, 0.15) is 12.0 Å². The number of hydrogen-bond donors (Lipinski definition) is 2. The third-order valence-corrected chi connectivity index (χ3v) is 3.72. The summed E-state index contributed by atoms with van der Waals surface area (Å²) in [6.45, 7) is 2.22. The maximum absolute atomic E-state index is 11.3. The average molecular weight is 272 g/mol. The third kappa shape index (κ3) is 2.10. The fourth-order valence-corrected chi connectivity index (χ4v) is 2.78. The van der Waals surface area contributed by atoms with Crippen LogP contribution in [-0.4, -0.2) is 39.9 Å². The standard InChI is InChI=1S/C15H16N2O3/c1-9-6-10-4-2-3-5-12(10)16-14(9)17-8-11(18)7-13(17)15(19)20/h2-6,11,13,18H,7-8H2,1H3,(H,19,20). The molecule has 1 aliphatic heterocycles. The molecule has 0 aliphatic carbocycles. The van der Waals surface area contributed by atoms with Gasteiger partial charge in [0.25, 0.3) is 0 Å². The van der Waals surface area contributed by atoms with E-state index in [4.69, 9.17) is 0 Å². The van der Waals surface area contributed by atoms with Crippen molar-refractivity contribution in [2.75, 3.05) is 11.4 Å². The lowest BCUT2D eigenvalue weighted by atomic mass is 10.1. The SMILES string of the molecule is Cc1cc2ccccc2nc1N1CC(O)CC1C(=O)O. The largest absolute Gasteiger partial charge is 0.480 e. The molecule has 104 valence electrons. The monoisotopic (exact) mass is 272 g/mol. The number of aliphatic hydroxyl groups is 1. The second kappa shape index (κ2) is 4.76. The van der Waals surface area contributed by atoms with Crippen molar-refractivity contribution in [3.05, 3.63) is 35.9 Å². The van der Waals surface area contributed by atoms with Gasteiger partial charge in [0.05, 0.1) is 11.6 Å². The molecular formula is C15H16N2O3. The molecule has 0 saturated carbocycles. The number of carboxylic acid groups (broad SMARTS) is 1. The number of carbonyl (C=O) groups is 1. The van der Waals surface area contributed by atoms with Gasteiger partial charge in [0, 0.05) is 18.4 Å². The minimum absolute atomic E-state index is 0.239. The van der Waals surface area contributed by atoms with Gasteiger partial charge >= 0.3 is 5.97 Å². The van der Waals surface area contributed by atoms with E-state index in [-0.39, 0.29) is 6.42 Å². The van der Waals surface area contributed by atoms with Gasteiger partial charge < -0.3 is 15.1 Å². The molecule has 1 fully saturated rings. The number of fused-ring (bicyclic) bond motifs is 1. The number of carboxylic acids is 1. The highest BCUT2D eigenvalue weighted by atomic mass is 16.4. The zero-order valence-electron chi connectivity index (χ0n) is 11.2. The second-order valence-corrected chi connectivity index (χ2v) is 5.22. The molecule has 5 heteroatoms. The summed E-state index contributed by atoms with van der Waals surface area (Å²) < 4.78 is 0. The molecule has 20 heavy (non-hydrogen) atoms. The Hall–Kier alpha value is -2.14. The molecule has 2 N–H and O–H groups in total. The fourth-order valence-electron chi connectivity index (χ4n) is 2.78. The summed E-state index contributed by atoms with van der Waals surface area (Å²) in [5, 5.41) is 20.1. The number of aliphatic carboxylic acids is 1. The average Bonchev–Trinajstić information content (AvgIpc) is 2.80. The number of β-amino-alcohol motifs (C(OH)–C–C–N with tert-alkyl or cyclic N) is 1. The van der Waals surface area contributed by atoms with Crippen LogP contribution in [0.2, 0.25) is 0 Å². The molecule has 2 heterocycles. The van der Waals surface area contributed by atoms with Gasteiger partial charge in [-0.1, -0.05) is 18.2 Å². The molecule has 3 rings (SSSR count). The van der Waals surface area contributed by atoms with E-state index < -0.39 is 18.1 Å². The molecule has 0 bridgehead atoms. The number of rotatable bonds is 2. The number of para-hydroxylation sites is 1. The Morgan fingerprint density at radius 3 is 2.90 bits per heavy atom. The smallest absolute Gasteiger partial charge is 0.326 e. The minimum Gasteiger partial charge on any atom is -0.480 e. The Bertz CT molecular complexity index is 671. The molecule has 2 atom stereocenters. The van der Waals surface area contributed by atoms with Crippen molar-refractivity contribution in [2.45, 2.75) is 25.5 Å². The molecule has 2 unspecified atom stereocenters. The van der Waals surface area contributed by atoms with Gasteiger partial charge in [-0.3, -0.25) is 0 Å². The van der Waals surface area contributed by atoms with E-state index in [9.17, 15) is 15.0 Å². The van der Waals surface area contributed by atoms with E-state index in [2.05, 4.69) is 4.98 Å². The first-order chi connectivity index (χ1) is 9.56. The van der Waals surface area contributed by atoms with Crippen LogP contribution in [0.25, 0.3) is 10.9 Å². The summed E-state index contributed by atoms with van der Waals surface area (Å²) in [4.78, 5) is 17.6. The molecular weight excluding hydrogens is 256 g/mol. The van der Waals surface area contributed by atoms with Gasteiger partial charge in [-0.05, 0) is 24.6 Å². The maximum atomic E-state index is 11.3. The van der Waals surface area contributed by atoms with Gasteiger partial charge in [0.2, 0.25) is 0 Å². The summed E-state index contributed by atoms with van der Waals surface area (Å²) in [6.07, 6.45) is -0.382. The third-order valence-electron chi connectivity index (χ3n) is 3.72. The van der Waals surface area contributed by atoms with Crippen molar-refractivity contribution >= 4 is 22.7 Å². The number of aromatic nitrogens is 1. The molecule has 1 aliphatic rings. The Balaban J connectivity index is 2.09. The number of anilines is 1. The van der Waals surface area contributed by atoms with E-state index in [1.165, 1.54) is 0 Å². The number of aryl methyl sites for hydroxylation is 1. The van der Waals surface area contributed by atoms with E-state index in [1.807, 2.05) is 37.3 Å². The predicted molar refractivity (Wildman–Crippen MR) is 75.9 cm³/mol. The van der Waals surface area contributed by atoms with Crippen LogP contribution in [0.4, 0.5) is 5.82 Å². The second-order valence-electron chi connectivity index (χ2n) is 5.22. The van der Waals surface area contributed by atoms with Crippen molar-refractivity contribution in [3.8, 4) is 0 Å². The first-order valence-electron chi connectivity index (χ1n) is 6.60. The van der Waals surface area contributed by atoms with E-state index in [0.29, 0.717) is 12.4 Å². The van der Waals surface area contributed by atoms with Crippen LogP contribution < -0.4 is 4.90 Å². The number of benzene rings is 1. The van der Waals surface area contributed by atoms with Gasteiger partial charge in [-0.15, -0.1) is 0 Å². The van der Waals surface area contributed by atoms with Crippen LogP contribution in [0.3, 0.4) is 0 Å². The van der Waals surface area contributed by atoms with Crippen molar-refractivity contribution in [1.29, 1.82) is 0 Å². The molecule has 0 radical (unpaired) electrons. The highest BCUT2D eigenvalue weighted by Gasteiger charge is 2.37. The number of aliphatic hydroxyl groups excluding tert-OH is 1. The van der Waals surface area contributed by atoms with Crippen LogP contribution in [0.5, 0.6) is 0 Å². The van der Waals surface area contributed by atoms with Crippen molar-refractivity contribution < 1.29 is 15.0 Å². The van der Waals surface area contributed by atoms with Gasteiger partial charge in [0.1, 0.15) is 11.9 Å². The predicted octanol–water partition coefficient (Wildman–Crippen LogP) is 1.57. The lowest BCUT2D eigenvalue weighted by molar-refractivity contribution is -0.138. The Morgan fingerprint density at radius 2 is 2.15 bits per heavy atom. The normalized spacial score (nSPS) is 22.4. The quantitative estimate of drug-likeness (QED) is 0.868. The molecule has 1 aromatic carbocycles. The van der Waals surface area contributed by atoms with Crippen molar-refractivity contribution in [1.82, 2.24) is 4.98 Å². The Morgan fingerprint density at radius 1 is 1.40 bits per heavy atom. The zero-order chi connectivity index (χ0) is 14.3. The first kappa shape index (κ1) is 12.9. The molecule has 1 aromatic heterocycles. The molecule has 5 nitrogen and oxygen atoms in total. The first-order valence-corrected chi connectivity index (χ1v) is 6.60. The fraction of sp³-hybridized carbons (Fsp3) is 0.333. The van der Waals surface area contributed by atoms with Gasteiger partial charge in [-0.25, -0.2) is 9.78 Å². The highest BCUT2D eigenvalue weighted by Crippen LogP contribution is 2.29. The van der Waals surface area contributed by atoms with Crippen LogP contribution in [-0.2, 0) is 4.79 Å². The van der Waals surface area contributed by atoms with Crippen LogP contribution in [0.15, 0.2) is 30.3 Å². The summed E-state index contributed by atoms with van der Waals surface area (Å²) in [5.74, 6) is -0.274. The lowest BCUT2D eigenvalue weighted by Crippen LogP contribution is -2.37. The summed E-state index contributed by atoms with van der Waals surface area (Å²) in [5.41, 5.74) is 1.75. The van der Waals surface area contributed by atoms with Gasteiger partial charge in [-0.2, -0.15) is 0 Å². The zero-order valence-corrected chi connectivity index (χ0v) is 11.2.